The number of urea groups is 1. The summed E-state index contributed by atoms with van der Waals surface area (Å²) in [7, 11) is 0. The van der Waals surface area contributed by atoms with Gasteiger partial charge in [-0.1, -0.05) is 44.2 Å². The van der Waals surface area contributed by atoms with Crippen LogP contribution in [0.15, 0.2) is 30.3 Å². The number of hydrogen-bond donors (Lipinski definition) is 2. The first kappa shape index (κ1) is 15.0. The lowest BCUT2D eigenvalue weighted by molar-refractivity contribution is -0.108. The van der Waals surface area contributed by atoms with Crippen molar-refractivity contribution in [1.82, 2.24) is 10.6 Å². The number of fused-ring (bicyclic) bond motifs is 1. The highest BCUT2D eigenvalue weighted by molar-refractivity contribution is 5.74. The van der Waals surface area contributed by atoms with E-state index < -0.39 is 0 Å². The molecular weight excluding hydrogens is 288 g/mol. The van der Waals surface area contributed by atoms with Gasteiger partial charge in [-0.05, 0) is 30.2 Å². The van der Waals surface area contributed by atoms with E-state index in [0.717, 1.165) is 19.6 Å². The van der Waals surface area contributed by atoms with Gasteiger partial charge in [-0.2, -0.15) is 0 Å². The van der Waals surface area contributed by atoms with Gasteiger partial charge in [-0.15, -0.1) is 0 Å². The maximum atomic E-state index is 12.2. The largest absolute Gasteiger partial charge is 0.377 e. The van der Waals surface area contributed by atoms with Crippen molar-refractivity contribution in [1.29, 1.82) is 0 Å². The van der Waals surface area contributed by atoms with E-state index in [1.807, 2.05) is 6.07 Å². The van der Waals surface area contributed by atoms with E-state index in [4.69, 9.17) is 4.74 Å². The van der Waals surface area contributed by atoms with Gasteiger partial charge in [0.1, 0.15) is 0 Å². The lowest BCUT2D eigenvalue weighted by Crippen LogP contribution is -2.67. The zero-order chi connectivity index (χ0) is 16.0. The fraction of sp³-hybridized carbons (Fsp3) is 0.632. The Bertz CT molecular complexity index is 586. The van der Waals surface area contributed by atoms with Gasteiger partial charge in [0.25, 0.3) is 0 Å². The predicted molar refractivity (Wildman–Crippen MR) is 89.2 cm³/mol. The van der Waals surface area contributed by atoms with Gasteiger partial charge in [0, 0.05) is 30.5 Å². The van der Waals surface area contributed by atoms with Crippen molar-refractivity contribution in [2.45, 2.75) is 44.8 Å². The van der Waals surface area contributed by atoms with Gasteiger partial charge in [0.05, 0.1) is 6.10 Å². The Morgan fingerprint density at radius 2 is 2.09 bits per heavy atom. The number of rotatable bonds is 4. The third-order valence-electron chi connectivity index (χ3n) is 6.06. The van der Waals surface area contributed by atoms with Crippen LogP contribution in [-0.4, -0.2) is 31.3 Å². The van der Waals surface area contributed by atoms with Crippen LogP contribution in [0.25, 0.3) is 0 Å². The Hall–Kier alpha value is -1.55. The van der Waals surface area contributed by atoms with Gasteiger partial charge in [0.15, 0.2) is 0 Å². The van der Waals surface area contributed by atoms with E-state index in [2.05, 4.69) is 48.7 Å². The average molecular weight is 314 g/mol. The average Bonchev–Trinajstić information content (AvgIpc) is 3.19. The molecule has 0 radical (unpaired) electrons. The Labute approximate surface area is 138 Å². The molecule has 4 nitrogen and oxygen atoms in total. The number of benzene rings is 1. The molecule has 2 N–H and O–H groups in total. The van der Waals surface area contributed by atoms with E-state index in [9.17, 15) is 4.79 Å². The molecule has 0 spiro atoms. The van der Waals surface area contributed by atoms with Crippen molar-refractivity contribution in [3.63, 3.8) is 0 Å². The SMILES string of the molecule is CC1(C)[C@H](NC(=O)NC[C@@H]2C[C@@H]2c2ccccc2)[C@H]2CCO[C@H]21. The summed E-state index contributed by atoms with van der Waals surface area (Å²) in [6, 6.07) is 10.8. The molecule has 0 bridgehead atoms. The van der Waals surface area contributed by atoms with Gasteiger partial charge in [0.2, 0.25) is 0 Å². The number of hydrogen-bond acceptors (Lipinski definition) is 2. The van der Waals surface area contributed by atoms with E-state index in [1.165, 1.54) is 12.0 Å². The summed E-state index contributed by atoms with van der Waals surface area (Å²) in [5, 5.41) is 6.26. The van der Waals surface area contributed by atoms with E-state index >= 15 is 0 Å². The molecule has 3 fully saturated rings. The summed E-state index contributed by atoms with van der Waals surface area (Å²) in [4.78, 5) is 12.2. The molecule has 1 heterocycles. The van der Waals surface area contributed by atoms with Crippen LogP contribution in [0.1, 0.15) is 38.2 Å². The second kappa shape index (κ2) is 5.52. The first-order valence-electron chi connectivity index (χ1n) is 8.78. The molecule has 0 aromatic heterocycles. The highest BCUT2D eigenvalue weighted by atomic mass is 16.5. The van der Waals surface area contributed by atoms with Gasteiger partial charge in [-0.25, -0.2) is 4.79 Å². The molecule has 3 aliphatic rings. The smallest absolute Gasteiger partial charge is 0.315 e. The highest BCUT2D eigenvalue weighted by Crippen LogP contribution is 2.52. The fourth-order valence-corrected chi connectivity index (χ4v) is 4.61. The molecule has 1 aromatic rings. The topological polar surface area (TPSA) is 50.4 Å². The van der Waals surface area contributed by atoms with Crippen LogP contribution in [0.3, 0.4) is 0 Å². The molecule has 2 aliphatic carbocycles. The first-order valence-corrected chi connectivity index (χ1v) is 8.78. The molecule has 1 aromatic carbocycles. The Kier molecular flexibility index (Phi) is 3.60. The van der Waals surface area contributed by atoms with E-state index in [0.29, 0.717) is 23.9 Å². The molecule has 1 aliphatic heterocycles. The maximum absolute atomic E-state index is 12.2. The monoisotopic (exact) mass is 314 g/mol. The molecule has 2 saturated carbocycles. The molecule has 23 heavy (non-hydrogen) atoms. The lowest BCUT2D eigenvalue weighted by Gasteiger charge is -2.54. The molecular formula is C19H26N2O2. The van der Waals surface area contributed by atoms with Crippen LogP contribution in [0.5, 0.6) is 0 Å². The normalized spacial score (nSPS) is 36.7. The minimum absolute atomic E-state index is 0.0212. The zero-order valence-electron chi connectivity index (χ0n) is 13.9. The summed E-state index contributed by atoms with van der Waals surface area (Å²) in [5.41, 5.74) is 1.44. The van der Waals surface area contributed by atoms with E-state index in [-0.39, 0.29) is 17.5 Å². The third-order valence-corrected chi connectivity index (χ3v) is 6.06. The summed E-state index contributed by atoms with van der Waals surface area (Å²) in [6.07, 6.45) is 2.56. The minimum Gasteiger partial charge on any atom is -0.377 e. The van der Waals surface area contributed by atoms with Crippen molar-refractivity contribution in [2.24, 2.45) is 17.3 Å². The number of amides is 2. The predicted octanol–water partition coefficient (Wildman–Crippen LogP) is 2.90. The van der Waals surface area contributed by atoms with Gasteiger partial charge < -0.3 is 15.4 Å². The summed E-state index contributed by atoms with van der Waals surface area (Å²) in [6.45, 7) is 5.98. The first-order chi connectivity index (χ1) is 11.1. The molecule has 0 unspecified atom stereocenters. The van der Waals surface area contributed by atoms with Crippen LogP contribution in [-0.2, 0) is 4.74 Å². The molecule has 124 valence electrons. The van der Waals surface area contributed by atoms with Crippen LogP contribution in [0, 0.1) is 17.3 Å². The van der Waals surface area contributed by atoms with Crippen LogP contribution < -0.4 is 10.6 Å². The van der Waals surface area contributed by atoms with Gasteiger partial charge in [-0.3, -0.25) is 0 Å². The van der Waals surface area contributed by atoms with E-state index in [1.54, 1.807) is 0 Å². The maximum Gasteiger partial charge on any atom is 0.315 e. The molecule has 2 amide bonds. The Balaban J connectivity index is 1.24. The van der Waals surface area contributed by atoms with Crippen LogP contribution >= 0.6 is 0 Å². The number of nitrogens with one attached hydrogen (secondary N) is 2. The lowest BCUT2D eigenvalue weighted by atomic mass is 9.57. The fourth-order valence-electron chi connectivity index (χ4n) is 4.61. The van der Waals surface area contributed by atoms with Crippen LogP contribution in [0.4, 0.5) is 4.79 Å². The highest BCUT2D eigenvalue weighted by Gasteiger charge is 2.59. The molecule has 4 rings (SSSR count). The van der Waals surface area contributed by atoms with Crippen molar-refractivity contribution >= 4 is 6.03 Å². The van der Waals surface area contributed by atoms with Gasteiger partial charge >= 0.3 is 6.03 Å². The Morgan fingerprint density at radius 3 is 2.87 bits per heavy atom. The molecule has 4 heteroatoms. The second-order valence-electron chi connectivity index (χ2n) is 7.91. The summed E-state index contributed by atoms with van der Waals surface area (Å²) in [5.74, 6) is 1.69. The summed E-state index contributed by atoms with van der Waals surface area (Å²) < 4.78 is 5.78. The van der Waals surface area contributed by atoms with Crippen molar-refractivity contribution in [3.05, 3.63) is 35.9 Å². The Morgan fingerprint density at radius 1 is 1.30 bits per heavy atom. The zero-order valence-corrected chi connectivity index (χ0v) is 13.9. The minimum atomic E-state index is -0.0212. The number of carbonyl (C=O) groups excluding carboxylic acids is 1. The number of ether oxygens (including phenoxy) is 1. The molecule has 5 atom stereocenters. The molecule has 1 saturated heterocycles. The van der Waals surface area contributed by atoms with Crippen LogP contribution in [0.2, 0.25) is 0 Å². The van der Waals surface area contributed by atoms with Crippen molar-refractivity contribution < 1.29 is 9.53 Å². The number of carbonyl (C=O) groups is 1. The van der Waals surface area contributed by atoms with Crippen molar-refractivity contribution in [2.75, 3.05) is 13.2 Å². The second-order valence-corrected chi connectivity index (χ2v) is 7.91. The van der Waals surface area contributed by atoms with Crippen molar-refractivity contribution in [3.8, 4) is 0 Å². The standard InChI is InChI=1S/C19H26N2O2/c1-19(2)16(14-8-9-23-17(14)19)21-18(22)20-11-13-10-15(13)12-6-4-3-5-7-12/h3-7,13-17H,8-11H2,1-2H3,(H2,20,21,22)/t13-,14+,15+,16+,17+/m0/s1. The quantitative estimate of drug-likeness (QED) is 0.898. The third kappa shape index (κ3) is 2.63. The summed E-state index contributed by atoms with van der Waals surface area (Å²) >= 11 is 0.